The van der Waals surface area contributed by atoms with Gasteiger partial charge in [0.05, 0.1) is 18.2 Å². The molecule has 0 spiro atoms. The van der Waals surface area contributed by atoms with Crippen molar-refractivity contribution >= 4 is 0 Å². The second-order valence-corrected chi connectivity index (χ2v) is 5.27. The monoisotopic (exact) mass is 289 g/mol. The van der Waals surface area contributed by atoms with E-state index in [4.69, 9.17) is 0 Å². The van der Waals surface area contributed by atoms with Gasteiger partial charge in [0.2, 0.25) is 0 Å². The minimum Gasteiger partial charge on any atom is -0.394 e. The summed E-state index contributed by atoms with van der Waals surface area (Å²) in [7, 11) is 0. The van der Waals surface area contributed by atoms with Crippen LogP contribution in [0.5, 0.6) is 0 Å². The summed E-state index contributed by atoms with van der Waals surface area (Å²) in [6.07, 6.45) is -0.971. The molecule has 0 amide bonds. The molecular weight excluding hydrogens is 269 g/mol. The normalized spacial score (nSPS) is 15.4. The van der Waals surface area contributed by atoms with E-state index in [1.807, 2.05) is 37.3 Å². The van der Waals surface area contributed by atoms with Gasteiger partial charge in [-0.05, 0) is 18.6 Å². The predicted molar refractivity (Wildman–Crippen MR) is 80.2 cm³/mol. The molecule has 0 aliphatic carbocycles. The molecule has 112 valence electrons. The van der Waals surface area contributed by atoms with E-state index in [-0.39, 0.29) is 18.7 Å². The van der Waals surface area contributed by atoms with Crippen molar-refractivity contribution in [2.24, 2.45) is 0 Å². The number of rotatable bonds is 6. The Labute approximate surface area is 124 Å². The minimum atomic E-state index is -0.971. The van der Waals surface area contributed by atoms with Gasteiger partial charge < -0.3 is 15.5 Å². The molecule has 2 rings (SSSR count). The molecule has 2 aromatic rings. The molecule has 0 fully saturated rings. The molecule has 0 bridgehead atoms. The number of nitrogens with one attached hydrogen (secondary N) is 1. The predicted octanol–water partition coefficient (Wildman–Crippen LogP) is 2.36. The fraction of sp³-hybridized carbons (Fsp3) is 0.294. The van der Waals surface area contributed by atoms with Crippen LogP contribution < -0.4 is 5.32 Å². The van der Waals surface area contributed by atoms with Crippen LogP contribution in [0.15, 0.2) is 54.6 Å². The van der Waals surface area contributed by atoms with Gasteiger partial charge in [-0.15, -0.1) is 0 Å². The molecule has 4 heteroatoms. The van der Waals surface area contributed by atoms with Crippen molar-refractivity contribution in [1.29, 1.82) is 0 Å². The first-order valence-corrected chi connectivity index (χ1v) is 6.91. The lowest BCUT2D eigenvalue weighted by molar-refractivity contribution is 0.126. The van der Waals surface area contributed by atoms with Gasteiger partial charge in [0.1, 0.15) is 5.82 Å². The first kappa shape index (κ1) is 15.6. The van der Waals surface area contributed by atoms with Crippen LogP contribution in [0.25, 0.3) is 0 Å². The van der Waals surface area contributed by atoms with Gasteiger partial charge in [0.25, 0.3) is 0 Å². The maximum Gasteiger partial charge on any atom is 0.129 e. The summed E-state index contributed by atoms with van der Waals surface area (Å²) in [5.74, 6) is -0.433. The highest BCUT2D eigenvalue weighted by Crippen LogP contribution is 2.22. The molecular formula is C17H20FNO2. The summed E-state index contributed by atoms with van der Waals surface area (Å²) in [4.78, 5) is 0. The van der Waals surface area contributed by atoms with Crippen LogP contribution in [-0.2, 0) is 5.54 Å². The Hall–Kier alpha value is -1.75. The zero-order valence-electron chi connectivity index (χ0n) is 12.0. The van der Waals surface area contributed by atoms with Crippen molar-refractivity contribution in [2.45, 2.75) is 18.6 Å². The molecule has 2 unspecified atom stereocenters. The highest BCUT2D eigenvalue weighted by molar-refractivity contribution is 5.24. The Morgan fingerprint density at radius 3 is 2.33 bits per heavy atom. The van der Waals surface area contributed by atoms with Crippen molar-refractivity contribution < 1.29 is 14.6 Å². The SMILES string of the molecule is CC(CO)(NCC(O)c1ccccc1F)c1ccccc1. The first-order chi connectivity index (χ1) is 10.1. The topological polar surface area (TPSA) is 52.5 Å². The number of halogens is 1. The lowest BCUT2D eigenvalue weighted by Crippen LogP contribution is -2.44. The van der Waals surface area contributed by atoms with Crippen molar-refractivity contribution in [1.82, 2.24) is 5.32 Å². The molecule has 2 aromatic carbocycles. The average Bonchev–Trinajstić information content (AvgIpc) is 2.53. The van der Waals surface area contributed by atoms with Crippen LogP contribution >= 0.6 is 0 Å². The summed E-state index contributed by atoms with van der Waals surface area (Å²) in [6.45, 7) is 1.87. The molecule has 0 saturated carbocycles. The standard InChI is InChI=1S/C17H20FNO2/c1-17(12-20,13-7-3-2-4-8-13)19-11-16(21)14-9-5-6-10-15(14)18/h2-10,16,19-21H,11-12H2,1H3. The molecule has 3 nitrogen and oxygen atoms in total. The van der Waals surface area contributed by atoms with Gasteiger partial charge >= 0.3 is 0 Å². The van der Waals surface area contributed by atoms with Gasteiger partial charge in [0, 0.05) is 12.1 Å². The quantitative estimate of drug-likeness (QED) is 0.765. The second-order valence-electron chi connectivity index (χ2n) is 5.27. The van der Waals surface area contributed by atoms with Gasteiger partial charge in [-0.1, -0.05) is 48.5 Å². The fourth-order valence-electron chi connectivity index (χ4n) is 2.23. The third kappa shape index (κ3) is 3.67. The summed E-state index contributed by atoms with van der Waals surface area (Å²) in [5.41, 5.74) is 0.472. The number of hydrogen-bond acceptors (Lipinski definition) is 3. The summed E-state index contributed by atoms with van der Waals surface area (Å²) in [5, 5.41) is 22.9. The van der Waals surface area contributed by atoms with Crippen LogP contribution in [0.3, 0.4) is 0 Å². The van der Waals surface area contributed by atoms with Gasteiger partial charge in [-0.25, -0.2) is 4.39 Å². The van der Waals surface area contributed by atoms with Gasteiger partial charge in [0.15, 0.2) is 0 Å². The Balaban J connectivity index is 2.09. The Bertz CT molecular complexity index is 576. The first-order valence-electron chi connectivity index (χ1n) is 6.91. The van der Waals surface area contributed by atoms with E-state index < -0.39 is 17.5 Å². The van der Waals surface area contributed by atoms with Gasteiger partial charge in [-0.3, -0.25) is 0 Å². The second kappa shape index (κ2) is 6.80. The molecule has 21 heavy (non-hydrogen) atoms. The van der Waals surface area contributed by atoms with Gasteiger partial charge in [-0.2, -0.15) is 0 Å². The van der Waals surface area contributed by atoms with E-state index in [0.29, 0.717) is 0 Å². The summed E-state index contributed by atoms with van der Waals surface area (Å²) >= 11 is 0. The van der Waals surface area contributed by atoms with Crippen LogP contribution in [0.2, 0.25) is 0 Å². The number of aliphatic hydroxyl groups excluding tert-OH is 2. The Morgan fingerprint density at radius 2 is 1.71 bits per heavy atom. The summed E-state index contributed by atoms with van der Waals surface area (Å²) in [6, 6.07) is 15.6. The van der Waals surface area contributed by atoms with Crippen LogP contribution in [0, 0.1) is 5.82 Å². The molecule has 0 radical (unpaired) electrons. The molecule has 0 aromatic heterocycles. The number of benzene rings is 2. The van der Waals surface area contributed by atoms with Crippen LogP contribution in [0.1, 0.15) is 24.2 Å². The van der Waals surface area contributed by atoms with Crippen molar-refractivity contribution in [3.8, 4) is 0 Å². The van der Waals surface area contributed by atoms with E-state index in [1.165, 1.54) is 6.07 Å². The highest BCUT2D eigenvalue weighted by atomic mass is 19.1. The van der Waals surface area contributed by atoms with Crippen LogP contribution in [-0.4, -0.2) is 23.4 Å². The van der Waals surface area contributed by atoms with E-state index in [9.17, 15) is 14.6 Å². The molecule has 0 aliphatic heterocycles. The smallest absolute Gasteiger partial charge is 0.129 e. The number of aliphatic hydroxyl groups is 2. The molecule has 0 aliphatic rings. The van der Waals surface area contributed by atoms with Crippen molar-refractivity contribution in [3.63, 3.8) is 0 Å². The molecule has 3 N–H and O–H groups in total. The minimum absolute atomic E-state index is 0.124. The van der Waals surface area contributed by atoms with Crippen molar-refractivity contribution in [3.05, 3.63) is 71.5 Å². The zero-order valence-corrected chi connectivity index (χ0v) is 12.0. The zero-order chi connectivity index (χ0) is 15.3. The van der Waals surface area contributed by atoms with E-state index >= 15 is 0 Å². The number of hydrogen-bond donors (Lipinski definition) is 3. The third-order valence-electron chi connectivity index (χ3n) is 3.68. The average molecular weight is 289 g/mol. The largest absolute Gasteiger partial charge is 0.394 e. The summed E-state index contributed by atoms with van der Waals surface area (Å²) < 4.78 is 13.6. The highest BCUT2D eigenvalue weighted by Gasteiger charge is 2.26. The van der Waals surface area contributed by atoms with E-state index in [0.717, 1.165) is 5.56 Å². The molecule has 0 saturated heterocycles. The maximum atomic E-state index is 13.6. The Morgan fingerprint density at radius 1 is 1.10 bits per heavy atom. The Kier molecular flexibility index (Phi) is 5.07. The lowest BCUT2D eigenvalue weighted by Gasteiger charge is -2.30. The molecule has 0 heterocycles. The van der Waals surface area contributed by atoms with Crippen LogP contribution in [0.4, 0.5) is 4.39 Å². The van der Waals surface area contributed by atoms with Crippen molar-refractivity contribution in [2.75, 3.05) is 13.2 Å². The fourth-order valence-corrected chi connectivity index (χ4v) is 2.23. The molecule has 2 atom stereocenters. The van der Waals surface area contributed by atoms with E-state index in [1.54, 1.807) is 18.2 Å². The third-order valence-corrected chi connectivity index (χ3v) is 3.68. The maximum absolute atomic E-state index is 13.6. The van der Waals surface area contributed by atoms with E-state index in [2.05, 4.69) is 5.32 Å². The lowest BCUT2D eigenvalue weighted by atomic mass is 9.92.